The molecular weight excluding hydrogens is 456 g/mol. The van der Waals surface area contributed by atoms with Crippen molar-refractivity contribution in [2.75, 3.05) is 5.32 Å². The molecule has 0 bridgehead atoms. The average molecular weight is 479 g/mol. The van der Waals surface area contributed by atoms with Crippen molar-refractivity contribution in [3.8, 4) is 0 Å². The van der Waals surface area contributed by atoms with Crippen molar-refractivity contribution in [3.63, 3.8) is 0 Å². The average Bonchev–Trinajstić information content (AvgIpc) is 3.08. The Hall–Kier alpha value is -3.19. The Balaban J connectivity index is 1.30. The summed E-state index contributed by atoms with van der Waals surface area (Å²) in [6.07, 6.45) is 4.94. The van der Waals surface area contributed by atoms with Gasteiger partial charge in [0.1, 0.15) is 0 Å². The second kappa shape index (κ2) is 9.75. The van der Waals surface area contributed by atoms with E-state index in [9.17, 15) is 9.59 Å². The third-order valence-corrected chi connectivity index (χ3v) is 5.59. The monoisotopic (exact) mass is 478 g/mol. The van der Waals surface area contributed by atoms with E-state index in [-0.39, 0.29) is 11.6 Å². The summed E-state index contributed by atoms with van der Waals surface area (Å²) in [4.78, 5) is 24.8. The molecule has 1 amide bonds. The maximum atomic E-state index is 12.5. The van der Waals surface area contributed by atoms with E-state index in [0.717, 1.165) is 35.0 Å². The summed E-state index contributed by atoms with van der Waals surface area (Å²) in [6.45, 7) is 0.345. The first-order valence-electron chi connectivity index (χ1n) is 10.3. The van der Waals surface area contributed by atoms with Crippen LogP contribution < -0.4 is 11.0 Å². The van der Waals surface area contributed by atoms with Crippen molar-refractivity contribution >= 4 is 33.2 Å². The third kappa shape index (κ3) is 5.49. The predicted molar refractivity (Wildman–Crippen MR) is 125 cm³/mol. The minimum atomic E-state index is -0.184. The van der Waals surface area contributed by atoms with Crippen LogP contribution in [0.2, 0.25) is 0 Å². The molecule has 0 atom stereocenters. The van der Waals surface area contributed by atoms with E-state index in [1.165, 1.54) is 14.6 Å². The van der Waals surface area contributed by atoms with Crippen LogP contribution in [0.4, 0.5) is 5.69 Å². The van der Waals surface area contributed by atoms with E-state index in [0.29, 0.717) is 18.6 Å². The first-order valence-corrected chi connectivity index (χ1v) is 11.1. The molecule has 0 aliphatic heterocycles. The summed E-state index contributed by atoms with van der Waals surface area (Å²) < 4.78 is 4.02. The summed E-state index contributed by atoms with van der Waals surface area (Å²) in [5.41, 5.74) is 3.33. The van der Waals surface area contributed by atoms with Crippen LogP contribution in [0, 0.1) is 0 Å². The molecule has 1 N–H and O–H groups in total. The number of rotatable bonds is 8. The molecule has 2 heterocycles. The number of carbonyl (C=O) groups is 1. The van der Waals surface area contributed by atoms with Gasteiger partial charge in [-0.2, -0.15) is 0 Å². The summed E-state index contributed by atoms with van der Waals surface area (Å²) in [6, 6.07) is 21.3. The van der Waals surface area contributed by atoms with Gasteiger partial charge in [0.15, 0.2) is 5.65 Å². The molecule has 0 aliphatic carbocycles. The SMILES string of the molecule is O=C(CCCCc1ccc(Br)cc1)Nc1cccc(Cn2nc3ccccn3c2=O)c1. The Labute approximate surface area is 188 Å². The number of amides is 1. The number of fused-ring (bicyclic) bond motifs is 1. The van der Waals surface area contributed by atoms with Gasteiger partial charge >= 0.3 is 5.69 Å². The maximum absolute atomic E-state index is 12.5. The molecule has 31 heavy (non-hydrogen) atoms. The van der Waals surface area contributed by atoms with Gasteiger partial charge in [0.05, 0.1) is 6.54 Å². The molecule has 4 rings (SSSR count). The van der Waals surface area contributed by atoms with Gasteiger partial charge in [-0.15, -0.1) is 5.10 Å². The van der Waals surface area contributed by atoms with Crippen LogP contribution in [-0.4, -0.2) is 20.1 Å². The van der Waals surface area contributed by atoms with Gasteiger partial charge < -0.3 is 5.32 Å². The fourth-order valence-electron chi connectivity index (χ4n) is 3.48. The summed E-state index contributed by atoms with van der Waals surface area (Å²) in [7, 11) is 0. The topological polar surface area (TPSA) is 68.4 Å². The highest BCUT2D eigenvalue weighted by atomic mass is 79.9. The fraction of sp³-hybridized carbons (Fsp3) is 0.208. The molecule has 2 aromatic heterocycles. The highest BCUT2D eigenvalue weighted by Crippen LogP contribution is 2.15. The van der Waals surface area contributed by atoms with Crippen LogP contribution in [0.15, 0.2) is 82.2 Å². The Morgan fingerprint density at radius 2 is 1.81 bits per heavy atom. The number of anilines is 1. The predicted octanol–water partition coefficient (Wildman–Crippen LogP) is 4.66. The van der Waals surface area contributed by atoms with Crippen LogP contribution in [0.25, 0.3) is 5.65 Å². The summed E-state index contributed by atoms with van der Waals surface area (Å²) in [5.74, 6) is -0.00199. The number of unbranched alkanes of at least 4 members (excludes halogenated alkanes) is 1. The lowest BCUT2D eigenvalue weighted by molar-refractivity contribution is -0.116. The van der Waals surface area contributed by atoms with Crippen LogP contribution in [0.3, 0.4) is 0 Å². The summed E-state index contributed by atoms with van der Waals surface area (Å²) in [5, 5.41) is 7.31. The van der Waals surface area contributed by atoms with Crippen LogP contribution in [0.5, 0.6) is 0 Å². The van der Waals surface area contributed by atoms with Crippen LogP contribution >= 0.6 is 15.9 Å². The lowest BCUT2D eigenvalue weighted by atomic mass is 10.1. The van der Waals surface area contributed by atoms with Gasteiger partial charge in [-0.05, 0) is 66.8 Å². The first kappa shape index (κ1) is 21.1. The highest BCUT2D eigenvalue weighted by molar-refractivity contribution is 9.10. The second-order valence-electron chi connectivity index (χ2n) is 7.45. The van der Waals surface area contributed by atoms with Gasteiger partial charge in [-0.1, -0.05) is 46.3 Å². The molecule has 0 spiro atoms. The van der Waals surface area contributed by atoms with Gasteiger partial charge in [0.25, 0.3) is 0 Å². The number of halogens is 1. The quantitative estimate of drug-likeness (QED) is 0.374. The standard InChI is InChI=1S/C24H23BrN4O2/c25-20-13-11-18(12-14-20)6-1-2-10-23(30)26-21-8-5-7-19(16-21)17-29-24(31)28-15-4-3-9-22(28)27-29/h3-5,7-9,11-16H,1-2,6,10,17H2,(H,26,30). The lowest BCUT2D eigenvalue weighted by Gasteiger charge is -2.08. The minimum Gasteiger partial charge on any atom is -0.326 e. The van der Waals surface area contributed by atoms with Crippen molar-refractivity contribution < 1.29 is 4.79 Å². The Morgan fingerprint density at radius 3 is 2.61 bits per heavy atom. The lowest BCUT2D eigenvalue weighted by Crippen LogP contribution is -2.21. The van der Waals surface area contributed by atoms with E-state index in [2.05, 4.69) is 38.5 Å². The number of hydrogen-bond acceptors (Lipinski definition) is 3. The van der Waals surface area contributed by atoms with Gasteiger partial charge in [-0.3, -0.25) is 9.20 Å². The number of nitrogens with zero attached hydrogens (tertiary/aromatic N) is 3. The van der Waals surface area contributed by atoms with E-state index in [4.69, 9.17) is 0 Å². The van der Waals surface area contributed by atoms with Crippen LogP contribution in [-0.2, 0) is 17.8 Å². The number of hydrogen-bond donors (Lipinski definition) is 1. The van der Waals surface area contributed by atoms with Crippen molar-refractivity contribution in [2.24, 2.45) is 0 Å². The van der Waals surface area contributed by atoms with Gasteiger partial charge in [0, 0.05) is 22.8 Å². The second-order valence-corrected chi connectivity index (χ2v) is 8.37. The van der Waals surface area contributed by atoms with Crippen molar-refractivity contribution in [2.45, 2.75) is 32.2 Å². The zero-order valence-corrected chi connectivity index (χ0v) is 18.6. The van der Waals surface area contributed by atoms with E-state index in [1.807, 2.05) is 42.5 Å². The third-order valence-electron chi connectivity index (χ3n) is 5.06. The molecule has 2 aromatic carbocycles. The molecule has 0 fully saturated rings. The zero-order valence-electron chi connectivity index (χ0n) is 17.0. The number of aryl methyl sites for hydroxylation is 1. The van der Waals surface area contributed by atoms with Gasteiger partial charge in [-0.25, -0.2) is 9.48 Å². The number of nitrogens with one attached hydrogen (secondary N) is 1. The van der Waals surface area contributed by atoms with Crippen molar-refractivity contribution in [1.82, 2.24) is 14.2 Å². The van der Waals surface area contributed by atoms with Gasteiger partial charge in [0.2, 0.25) is 5.91 Å². The highest BCUT2D eigenvalue weighted by Gasteiger charge is 2.08. The Bertz CT molecular complexity index is 1240. The maximum Gasteiger partial charge on any atom is 0.350 e. The minimum absolute atomic E-state index is 0.00199. The summed E-state index contributed by atoms with van der Waals surface area (Å²) >= 11 is 3.44. The molecule has 0 saturated heterocycles. The fourth-order valence-corrected chi connectivity index (χ4v) is 3.75. The van der Waals surface area contributed by atoms with Crippen LogP contribution in [0.1, 0.15) is 30.4 Å². The largest absolute Gasteiger partial charge is 0.350 e. The molecule has 0 saturated carbocycles. The van der Waals surface area contributed by atoms with Crippen molar-refractivity contribution in [1.29, 1.82) is 0 Å². The number of aromatic nitrogens is 3. The molecular formula is C24H23BrN4O2. The van der Waals surface area contributed by atoms with E-state index < -0.39 is 0 Å². The molecule has 0 radical (unpaired) electrons. The molecule has 158 valence electrons. The van der Waals surface area contributed by atoms with E-state index >= 15 is 0 Å². The number of carbonyl (C=O) groups excluding carboxylic acids is 1. The molecule has 4 aromatic rings. The Morgan fingerprint density at radius 1 is 0.968 bits per heavy atom. The normalized spacial score (nSPS) is 11.0. The number of pyridine rings is 1. The van der Waals surface area contributed by atoms with E-state index in [1.54, 1.807) is 18.3 Å². The zero-order chi connectivity index (χ0) is 21.6. The van der Waals surface area contributed by atoms with Crippen molar-refractivity contribution in [3.05, 3.63) is 99.0 Å². The molecule has 0 aliphatic rings. The molecule has 6 nitrogen and oxygen atoms in total. The molecule has 0 unspecified atom stereocenters. The molecule has 7 heteroatoms. The Kier molecular flexibility index (Phi) is 6.62. The smallest absolute Gasteiger partial charge is 0.326 e. The number of benzene rings is 2. The first-order chi connectivity index (χ1) is 15.1.